The van der Waals surface area contributed by atoms with Crippen molar-refractivity contribution >= 4 is 46.8 Å². The van der Waals surface area contributed by atoms with Crippen LogP contribution in [0.1, 0.15) is 18.5 Å². The van der Waals surface area contributed by atoms with Crippen molar-refractivity contribution in [3.63, 3.8) is 0 Å². The largest absolute Gasteiger partial charge is 0.493 e. The van der Waals surface area contributed by atoms with Gasteiger partial charge in [-0.15, -0.1) is 0 Å². The minimum absolute atomic E-state index is 0.142. The van der Waals surface area contributed by atoms with Gasteiger partial charge in [0.15, 0.2) is 11.5 Å². The second-order valence-electron chi connectivity index (χ2n) is 5.72. The molecule has 1 atom stereocenters. The number of esters is 1. The molecule has 0 aliphatic carbocycles. The number of urea groups is 1. The van der Waals surface area contributed by atoms with Crippen LogP contribution in [0.15, 0.2) is 23.4 Å². The smallest absolute Gasteiger partial charge is 0.338 e. The first-order valence-corrected chi connectivity index (χ1v) is 9.06. The predicted molar refractivity (Wildman–Crippen MR) is 104 cm³/mol. The van der Waals surface area contributed by atoms with E-state index in [1.165, 1.54) is 21.3 Å². The number of carbonyl (C=O) groups is 2. The number of methoxy groups -OCH3 is 3. The molecule has 1 aromatic rings. The van der Waals surface area contributed by atoms with Crippen molar-refractivity contribution in [3.8, 4) is 17.2 Å². The first-order valence-electron chi connectivity index (χ1n) is 7.93. The molecule has 1 aliphatic heterocycles. The zero-order valence-corrected chi connectivity index (χ0v) is 17.8. The zero-order valence-electron chi connectivity index (χ0n) is 15.5. The summed E-state index contributed by atoms with van der Waals surface area (Å²) in [5, 5.41) is 5.20. The summed E-state index contributed by atoms with van der Waals surface area (Å²) in [5.41, 5.74) is 0.949. The molecule has 0 aromatic heterocycles. The van der Waals surface area contributed by atoms with E-state index in [-0.39, 0.29) is 5.57 Å². The van der Waals surface area contributed by atoms with Crippen LogP contribution in [0.3, 0.4) is 0 Å². The molecular formula is C17H19Cl3N2O6. The van der Waals surface area contributed by atoms with Gasteiger partial charge in [-0.05, 0) is 24.6 Å². The van der Waals surface area contributed by atoms with Gasteiger partial charge in [0.05, 0.1) is 32.9 Å². The van der Waals surface area contributed by atoms with Gasteiger partial charge in [0.1, 0.15) is 6.61 Å². The number of amides is 2. The van der Waals surface area contributed by atoms with Gasteiger partial charge in [-0.25, -0.2) is 9.59 Å². The van der Waals surface area contributed by atoms with E-state index >= 15 is 0 Å². The van der Waals surface area contributed by atoms with Gasteiger partial charge in [0.2, 0.25) is 9.54 Å². The normalized spacial score (nSPS) is 16.8. The van der Waals surface area contributed by atoms with Crippen molar-refractivity contribution in [1.82, 2.24) is 10.6 Å². The Morgan fingerprint density at radius 3 is 2.14 bits per heavy atom. The van der Waals surface area contributed by atoms with E-state index in [0.717, 1.165) is 0 Å². The fourth-order valence-electron chi connectivity index (χ4n) is 2.71. The van der Waals surface area contributed by atoms with E-state index in [0.29, 0.717) is 28.5 Å². The molecule has 2 amide bonds. The molecule has 28 heavy (non-hydrogen) atoms. The summed E-state index contributed by atoms with van der Waals surface area (Å²) >= 11 is 16.9. The number of alkyl halides is 3. The van der Waals surface area contributed by atoms with Crippen LogP contribution >= 0.6 is 34.8 Å². The van der Waals surface area contributed by atoms with Crippen molar-refractivity contribution in [2.24, 2.45) is 0 Å². The molecule has 0 spiro atoms. The molecule has 8 nitrogen and oxygen atoms in total. The second kappa shape index (κ2) is 8.98. The number of allylic oxidation sites excluding steroid dienone is 1. The Hall–Kier alpha value is -2.03. The molecule has 1 unspecified atom stereocenters. The quantitative estimate of drug-likeness (QED) is 0.507. The fraction of sp³-hybridized carbons (Fsp3) is 0.412. The molecule has 2 rings (SSSR count). The van der Waals surface area contributed by atoms with Gasteiger partial charge < -0.3 is 29.6 Å². The zero-order chi connectivity index (χ0) is 21.1. The van der Waals surface area contributed by atoms with Gasteiger partial charge in [0, 0.05) is 5.70 Å². The van der Waals surface area contributed by atoms with Crippen LogP contribution in [0.25, 0.3) is 0 Å². The van der Waals surface area contributed by atoms with Crippen LogP contribution in [0.5, 0.6) is 17.2 Å². The summed E-state index contributed by atoms with van der Waals surface area (Å²) in [7, 11) is 4.38. The van der Waals surface area contributed by atoms with E-state index in [4.69, 9.17) is 53.8 Å². The first-order chi connectivity index (χ1) is 13.1. The average molecular weight is 454 g/mol. The van der Waals surface area contributed by atoms with Gasteiger partial charge in [0.25, 0.3) is 0 Å². The van der Waals surface area contributed by atoms with E-state index in [9.17, 15) is 9.59 Å². The number of rotatable bonds is 6. The highest BCUT2D eigenvalue weighted by atomic mass is 35.6. The number of ether oxygens (including phenoxy) is 4. The maximum absolute atomic E-state index is 12.6. The highest BCUT2D eigenvalue weighted by Gasteiger charge is 2.34. The third-order valence-electron chi connectivity index (χ3n) is 3.88. The van der Waals surface area contributed by atoms with Crippen LogP contribution in [-0.4, -0.2) is 43.7 Å². The third-order valence-corrected chi connectivity index (χ3v) is 4.20. The number of benzene rings is 1. The van der Waals surface area contributed by atoms with Crippen LogP contribution < -0.4 is 24.8 Å². The van der Waals surface area contributed by atoms with Crippen molar-refractivity contribution in [3.05, 3.63) is 29.0 Å². The van der Waals surface area contributed by atoms with Gasteiger partial charge in [-0.1, -0.05) is 34.8 Å². The molecule has 1 aromatic carbocycles. The summed E-state index contributed by atoms with van der Waals surface area (Å²) in [6, 6.07) is 1.89. The Morgan fingerprint density at radius 2 is 1.68 bits per heavy atom. The van der Waals surface area contributed by atoms with Crippen LogP contribution in [0, 0.1) is 0 Å². The Kier molecular flexibility index (Phi) is 7.14. The maximum atomic E-state index is 12.6. The van der Waals surface area contributed by atoms with Crippen molar-refractivity contribution in [2.45, 2.75) is 16.8 Å². The lowest BCUT2D eigenvalue weighted by molar-refractivity contribution is -0.139. The molecule has 0 bridgehead atoms. The molecule has 1 heterocycles. The number of hydrogen-bond acceptors (Lipinski definition) is 6. The van der Waals surface area contributed by atoms with Crippen LogP contribution in [0.4, 0.5) is 4.79 Å². The predicted octanol–water partition coefficient (Wildman–Crippen LogP) is 3.25. The SMILES string of the molecule is COc1cc(C2NC(=O)NC(C)=C2C(=O)OCC(Cl)(Cl)Cl)cc(OC)c1OC. The number of hydrogen-bond donors (Lipinski definition) is 2. The molecule has 1 aliphatic rings. The van der Waals surface area contributed by atoms with Crippen LogP contribution in [-0.2, 0) is 9.53 Å². The van der Waals surface area contributed by atoms with Crippen molar-refractivity contribution in [1.29, 1.82) is 0 Å². The first kappa shape index (κ1) is 22.3. The topological polar surface area (TPSA) is 95.1 Å². The second-order valence-corrected chi connectivity index (χ2v) is 8.24. The fourth-order valence-corrected chi connectivity index (χ4v) is 2.87. The minimum Gasteiger partial charge on any atom is -0.493 e. The Morgan fingerprint density at radius 1 is 1.11 bits per heavy atom. The number of halogens is 3. The standard InChI is InChI=1S/C17H19Cl3N2O6/c1-8-12(15(23)28-7-17(18,19)20)13(22-16(24)21-8)9-5-10(25-2)14(27-4)11(6-9)26-3/h5-6,13H,7H2,1-4H3,(H2,21,22,24). The van der Waals surface area contributed by atoms with Gasteiger partial charge >= 0.3 is 12.0 Å². The van der Waals surface area contributed by atoms with E-state index in [2.05, 4.69) is 10.6 Å². The summed E-state index contributed by atoms with van der Waals surface area (Å²) in [4.78, 5) is 24.7. The highest BCUT2D eigenvalue weighted by molar-refractivity contribution is 6.67. The minimum atomic E-state index is -1.77. The molecule has 2 N–H and O–H groups in total. The molecule has 0 saturated heterocycles. The monoisotopic (exact) mass is 452 g/mol. The lowest BCUT2D eigenvalue weighted by atomic mass is 9.95. The summed E-state index contributed by atoms with van der Waals surface area (Å²) in [5.74, 6) is 0.331. The molecular weight excluding hydrogens is 435 g/mol. The summed E-state index contributed by atoms with van der Waals surface area (Å²) < 4.78 is 19.3. The average Bonchev–Trinajstić information content (AvgIpc) is 2.63. The third kappa shape index (κ3) is 5.06. The van der Waals surface area contributed by atoms with Gasteiger partial charge in [-0.2, -0.15) is 0 Å². The van der Waals surface area contributed by atoms with Gasteiger partial charge in [-0.3, -0.25) is 0 Å². The molecule has 0 radical (unpaired) electrons. The summed E-state index contributed by atoms with van der Waals surface area (Å²) in [6.45, 7) is 1.11. The molecule has 0 saturated carbocycles. The van der Waals surface area contributed by atoms with E-state index in [1.807, 2.05) is 0 Å². The van der Waals surface area contributed by atoms with E-state index < -0.39 is 28.4 Å². The Bertz CT molecular complexity index is 782. The lowest BCUT2D eigenvalue weighted by Crippen LogP contribution is -2.45. The Balaban J connectivity index is 2.50. The van der Waals surface area contributed by atoms with Crippen LogP contribution in [0.2, 0.25) is 0 Å². The molecule has 0 fully saturated rings. The summed E-state index contributed by atoms with van der Waals surface area (Å²) in [6.07, 6.45) is 0. The molecule has 154 valence electrons. The molecule has 11 heteroatoms. The maximum Gasteiger partial charge on any atom is 0.338 e. The number of nitrogens with one attached hydrogen (secondary N) is 2. The van der Waals surface area contributed by atoms with Crippen molar-refractivity contribution < 1.29 is 28.5 Å². The van der Waals surface area contributed by atoms with E-state index in [1.54, 1.807) is 19.1 Å². The lowest BCUT2D eigenvalue weighted by Gasteiger charge is -2.29. The van der Waals surface area contributed by atoms with Crippen molar-refractivity contribution in [2.75, 3.05) is 27.9 Å². The number of carbonyl (C=O) groups excluding carboxylic acids is 2. The highest BCUT2D eigenvalue weighted by Crippen LogP contribution is 2.41. The Labute approximate surface area is 177 Å².